The average molecular weight is 446 g/mol. The van der Waals surface area contributed by atoms with E-state index in [-0.39, 0.29) is 12.1 Å². The highest BCUT2D eigenvalue weighted by Gasteiger charge is 2.25. The van der Waals surface area contributed by atoms with Gasteiger partial charge in [0.15, 0.2) is 0 Å². The van der Waals surface area contributed by atoms with Crippen molar-refractivity contribution in [2.45, 2.75) is 45.3 Å². The minimum Gasteiger partial charge on any atom is -0.494 e. The lowest BCUT2D eigenvalue weighted by Crippen LogP contribution is -2.40. The monoisotopic (exact) mass is 446 g/mol. The Bertz CT molecular complexity index is 528. The molecule has 0 saturated carbocycles. The molecule has 0 radical (unpaired) electrons. The molecule has 1 aromatic carbocycles. The second kappa shape index (κ2) is 8.89. The summed E-state index contributed by atoms with van der Waals surface area (Å²) in [5.41, 5.74) is -0.449. The summed E-state index contributed by atoms with van der Waals surface area (Å²) in [4.78, 5) is 14.2. The van der Waals surface area contributed by atoms with Gasteiger partial charge in [-0.1, -0.05) is 0 Å². The Kier molecular flexibility index (Phi) is 7.16. The highest BCUT2D eigenvalue weighted by molar-refractivity contribution is 14.1. The summed E-state index contributed by atoms with van der Waals surface area (Å²) in [5.74, 6) is 0.918. The largest absolute Gasteiger partial charge is 0.494 e. The van der Waals surface area contributed by atoms with Gasteiger partial charge >= 0.3 is 6.09 Å². The van der Waals surface area contributed by atoms with Gasteiger partial charge in [-0.25, -0.2) is 4.79 Å². The number of amides is 1. The van der Waals surface area contributed by atoms with E-state index in [0.29, 0.717) is 6.61 Å². The summed E-state index contributed by atoms with van der Waals surface area (Å²) in [5, 5.41) is 2.95. The third kappa shape index (κ3) is 7.25. The zero-order chi connectivity index (χ0) is 17.6. The molecule has 0 aromatic heterocycles. The van der Waals surface area contributed by atoms with Crippen LogP contribution in [-0.4, -0.2) is 48.9 Å². The van der Waals surface area contributed by atoms with Crippen LogP contribution < -0.4 is 10.1 Å². The Morgan fingerprint density at radius 3 is 2.71 bits per heavy atom. The normalized spacial score (nSPS) is 18.4. The summed E-state index contributed by atoms with van der Waals surface area (Å²) in [6, 6.07) is 8.26. The molecule has 2 rings (SSSR count). The molecule has 1 aliphatic heterocycles. The first-order chi connectivity index (χ1) is 11.3. The Hall–Kier alpha value is -1.02. The minimum absolute atomic E-state index is 0.178. The number of carbonyl (C=O) groups is 1. The fourth-order valence-electron chi connectivity index (χ4n) is 2.64. The van der Waals surface area contributed by atoms with Crippen molar-refractivity contribution in [1.29, 1.82) is 0 Å². The van der Waals surface area contributed by atoms with Crippen molar-refractivity contribution in [3.05, 3.63) is 27.8 Å². The van der Waals surface area contributed by atoms with Crippen LogP contribution in [0.25, 0.3) is 0 Å². The zero-order valence-corrected chi connectivity index (χ0v) is 16.8. The van der Waals surface area contributed by atoms with Gasteiger partial charge < -0.3 is 19.7 Å². The van der Waals surface area contributed by atoms with Gasteiger partial charge in [0, 0.05) is 29.2 Å². The van der Waals surface area contributed by atoms with E-state index in [1.165, 1.54) is 3.57 Å². The molecule has 134 valence electrons. The Morgan fingerprint density at radius 1 is 1.33 bits per heavy atom. The van der Waals surface area contributed by atoms with Gasteiger partial charge in [0.1, 0.15) is 11.4 Å². The van der Waals surface area contributed by atoms with E-state index in [2.05, 4.69) is 32.8 Å². The average Bonchev–Trinajstić information content (AvgIpc) is 2.91. The number of nitrogens with one attached hydrogen (secondary N) is 1. The topological polar surface area (TPSA) is 50.8 Å². The molecular formula is C18H27IN2O3. The molecule has 1 atom stereocenters. The smallest absolute Gasteiger partial charge is 0.407 e. The van der Waals surface area contributed by atoms with Crippen LogP contribution in [0.5, 0.6) is 5.75 Å². The molecule has 1 saturated heterocycles. The summed E-state index contributed by atoms with van der Waals surface area (Å²) in [6.45, 7) is 9.20. The Labute approximate surface area is 158 Å². The number of alkyl carbamates (subject to hydrolysis) is 1. The molecule has 0 aliphatic carbocycles. The maximum atomic E-state index is 11.8. The lowest BCUT2D eigenvalue weighted by molar-refractivity contribution is 0.0505. The van der Waals surface area contributed by atoms with Crippen LogP contribution in [0.2, 0.25) is 0 Å². The van der Waals surface area contributed by atoms with Crippen molar-refractivity contribution in [2.75, 3.05) is 26.2 Å². The molecule has 1 heterocycles. The summed E-state index contributed by atoms with van der Waals surface area (Å²) < 4.78 is 12.3. The van der Waals surface area contributed by atoms with Crippen molar-refractivity contribution < 1.29 is 14.3 Å². The van der Waals surface area contributed by atoms with Crippen LogP contribution in [0.4, 0.5) is 4.79 Å². The minimum atomic E-state index is -0.449. The van der Waals surface area contributed by atoms with E-state index in [1.54, 1.807) is 0 Å². The molecule has 1 fully saturated rings. The summed E-state index contributed by atoms with van der Waals surface area (Å²) >= 11 is 2.28. The third-order valence-electron chi connectivity index (χ3n) is 3.69. The van der Waals surface area contributed by atoms with E-state index in [0.717, 1.165) is 38.2 Å². The van der Waals surface area contributed by atoms with Gasteiger partial charge in [-0.05, 0) is 80.5 Å². The number of carbonyl (C=O) groups excluding carboxylic acids is 1. The second-order valence-electron chi connectivity index (χ2n) is 7.09. The summed E-state index contributed by atoms with van der Waals surface area (Å²) in [6.07, 6.45) is 1.62. The van der Waals surface area contributed by atoms with Crippen LogP contribution >= 0.6 is 22.6 Å². The first-order valence-electron chi connectivity index (χ1n) is 8.42. The number of benzene rings is 1. The number of halogens is 1. The molecule has 24 heavy (non-hydrogen) atoms. The molecule has 0 spiro atoms. The fourth-order valence-corrected chi connectivity index (χ4v) is 3.00. The highest BCUT2D eigenvalue weighted by Crippen LogP contribution is 2.15. The van der Waals surface area contributed by atoms with Crippen LogP contribution in [0.15, 0.2) is 24.3 Å². The summed E-state index contributed by atoms with van der Waals surface area (Å²) in [7, 11) is 0. The number of likely N-dealkylation sites (tertiary alicyclic amines) is 1. The third-order valence-corrected chi connectivity index (χ3v) is 4.41. The van der Waals surface area contributed by atoms with Crippen molar-refractivity contribution in [3.8, 4) is 5.75 Å². The lowest BCUT2D eigenvalue weighted by Gasteiger charge is -2.22. The SMILES string of the molecule is CC(C)(C)OC(=O)NC1CCN(CCCOc2ccc(I)cc2)C1. The first kappa shape index (κ1) is 19.3. The quantitative estimate of drug-likeness (QED) is 0.536. The number of hydrogen-bond acceptors (Lipinski definition) is 4. The van der Waals surface area contributed by atoms with Gasteiger partial charge in [0.25, 0.3) is 0 Å². The lowest BCUT2D eigenvalue weighted by atomic mass is 10.2. The van der Waals surface area contributed by atoms with Crippen LogP contribution in [0.1, 0.15) is 33.6 Å². The fraction of sp³-hybridized carbons (Fsp3) is 0.611. The first-order valence-corrected chi connectivity index (χ1v) is 9.50. The van der Waals surface area contributed by atoms with Crippen molar-refractivity contribution in [3.63, 3.8) is 0 Å². The Balaban J connectivity index is 1.60. The molecular weight excluding hydrogens is 419 g/mol. The number of nitrogens with zero attached hydrogens (tertiary/aromatic N) is 1. The van der Waals surface area contributed by atoms with Crippen molar-refractivity contribution >= 4 is 28.7 Å². The maximum Gasteiger partial charge on any atom is 0.407 e. The molecule has 1 amide bonds. The van der Waals surface area contributed by atoms with E-state index in [9.17, 15) is 4.79 Å². The molecule has 1 aliphatic rings. The van der Waals surface area contributed by atoms with E-state index >= 15 is 0 Å². The molecule has 1 aromatic rings. The van der Waals surface area contributed by atoms with Gasteiger partial charge in [-0.3, -0.25) is 0 Å². The van der Waals surface area contributed by atoms with Crippen LogP contribution in [-0.2, 0) is 4.74 Å². The molecule has 1 N–H and O–H groups in total. The van der Waals surface area contributed by atoms with Gasteiger partial charge in [0.05, 0.1) is 6.61 Å². The van der Waals surface area contributed by atoms with E-state index < -0.39 is 5.60 Å². The van der Waals surface area contributed by atoms with Crippen LogP contribution in [0.3, 0.4) is 0 Å². The van der Waals surface area contributed by atoms with Gasteiger partial charge in [-0.2, -0.15) is 0 Å². The number of ether oxygens (including phenoxy) is 2. The predicted octanol–water partition coefficient (Wildman–Crippen LogP) is 3.66. The highest BCUT2D eigenvalue weighted by atomic mass is 127. The number of rotatable bonds is 6. The molecule has 1 unspecified atom stereocenters. The van der Waals surface area contributed by atoms with E-state index in [4.69, 9.17) is 9.47 Å². The maximum absolute atomic E-state index is 11.8. The molecule has 6 heteroatoms. The number of hydrogen-bond donors (Lipinski definition) is 1. The van der Waals surface area contributed by atoms with Gasteiger partial charge in [0.2, 0.25) is 0 Å². The van der Waals surface area contributed by atoms with Gasteiger partial charge in [-0.15, -0.1) is 0 Å². The standard InChI is InChI=1S/C18H27IN2O3/c1-18(2,3)24-17(22)20-15-9-11-21(13-15)10-4-12-23-16-7-5-14(19)6-8-16/h5-8,15H,4,9-13H2,1-3H3,(H,20,22). The Morgan fingerprint density at radius 2 is 2.04 bits per heavy atom. The predicted molar refractivity (Wildman–Crippen MR) is 103 cm³/mol. The molecule has 0 bridgehead atoms. The van der Waals surface area contributed by atoms with Crippen molar-refractivity contribution in [2.24, 2.45) is 0 Å². The van der Waals surface area contributed by atoms with Crippen LogP contribution in [0, 0.1) is 3.57 Å². The van der Waals surface area contributed by atoms with E-state index in [1.807, 2.05) is 45.0 Å². The van der Waals surface area contributed by atoms with Crippen molar-refractivity contribution in [1.82, 2.24) is 10.2 Å². The zero-order valence-electron chi connectivity index (χ0n) is 14.7. The molecule has 5 nitrogen and oxygen atoms in total. The second-order valence-corrected chi connectivity index (χ2v) is 8.33.